The number of nitrogens with one attached hydrogen (secondary N) is 4. The van der Waals surface area contributed by atoms with Gasteiger partial charge in [-0.15, -0.1) is 0 Å². The van der Waals surface area contributed by atoms with E-state index in [0.717, 1.165) is 41.7 Å². The quantitative estimate of drug-likeness (QED) is 0.0292. The number of carbonyl (C=O) groups excluding carboxylic acids is 4. The molecule has 0 aliphatic carbocycles. The lowest BCUT2D eigenvalue weighted by molar-refractivity contribution is -0.138. The van der Waals surface area contributed by atoms with Crippen molar-refractivity contribution in [2.45, 2.75) is 57.3 Å². The van der Waals surface area contributed by atoms with E-state index in [4.69, 9.17) is 35.3 Å². The molecule has 1 saturated heterocycles. The van der Waals surface area contributed by atoms with Crippen molar-refractivity contribution in [1.29, 1.82) is 0 Å². The SMILES string of the molecule is O=C(COCCOCCOCCOCCCc1ccc(CCc2c(-c3ccc(C(F)(F)F)cc3)[nH]n(-c3nc4ccc(Cl)cc4[nH]3)c2=O)cc1)NCCOCC#Cc1ccc2c(c1)CN(C1CCC(=O)NC1=O)C2=O. The Morgan fingerprint density at radius 2 is 1.51 bits per heavy atom. The highest BCUT2D eigenvalue weighted by atomic mass is 35.5. The van der Waals surface area contributed by atoms with Gasteiger partial charge in [0.25, 0.3) is 11.5 Å². The normalized spacial score (nSPS) is 14.5. The maximum atomic E-state index is 13.9. The lowest BCUT2D eigenvalue weighted by Gasteiger charge is -2.29. The van der Waals surface area contributed by atoms with Gasteiger partial charge in [-0.1, -0.05) is 59.8 Å². The van der Waals surface area contributed by atoms with Crippen LogP contribution in [0.5, 0.6) is 0 Å². The molecule has 2 aliphatic heterocycles. The number of amides is 4. The summed E-state index contributed by atoms with van der Waals surface area (Å²) < 4.78 is 69.0. The number of halogens is 4. The van der Waals surface area contributed by atoms with Gasteiger partial charge >= 0.3 is 6.18 Å². The third kappa shape index (κ3) is 14.8. The van der Waals surface area contributed by atoms with Crippen LogP contribution in [0.4, 0.5) is 13.2 Å². The number of hydrogen-bond acceptors (Lipinski definition) is 11. The highest BCUT2D eigenvalue weighted by Crippen LogP contribution is 2.32. The Kier molecular flexibility index (Phi) is 18.7. The number of H-pyrrole nitrogens is 2. The molecule has 4 aromatic carbocycles. The molecule has 4 amide bonds. The summed E-state index contributed by atoms with van der Waals surface area (Å²) >= 11 is 6.15. The average Bonchev–Trinajstić information content (AvgIpc) is 4.07. The van der Waals surface area contributed by atoms with Gasteiger partial charge in [0.2, 0.25) is 23.7 Å². The molecule has 0 spiro atoms. The molecule has 21 heteroatoms. The number of fused-ring (bicyclic) bond motifs is 2. The number of hydrogen-bond donors (Lipinski definition) is 4. The van der Waals surface area contributed by atoms with E-state index < -0.39 is 23.7 Å². The summed E-state index contributed by atoms with van der Waals surface area (Å²) in [6.07, 6.45) is -1.56. The molecule has 8 rings (SSSR count). The lowest BCUT2D eigenvalue weighted by Crippen LogP contribution is -2.52. The zero-order valence-electron chi connectivity index (χ0n) is 40.8. The molecule has 2 aliphatic rings. The molecule has 17 nitrogen and oxygen atoms in total. The molecule has 2 aromatic heterocycles. The summed E-state index contributed by atoms with van der Waals surface area (Å²) in [4.78, 5) is 71.7. The number of rotatable bonds is 25. The molecule has 1 unspecified atom stereocenters. The third-order valence-electron chi connectivity index (χ3n) is 12.4. The summed E-state index contributed by atoms with van der Waals surface area (Å²) in [6, 6.07) is 22.5. The lowest BCUT2D eigenvalue weighted by atomic mass is 9.99. The molecule has 1 atom stereocenters. The fraction of sp³-hybridized carbons (Fsp3) is 0.370. The number of alkyl halides is 3. The van der Waals surface area contributed by atoms with E-state index in [9.17, 15) is 37.1 Å². The molecule has 4 heterocycles. The van der Waals surface area contributed by atoms with Crippen molar-refractivity contribution in [3.63, 3.8) is 0 Å². The molecule has 75 heavy (non-hydrogen) atoms. The molecular formula is C54H55ClF3N7O10. The van der Waals surface area contributed by atoms with Crippen molar-refractivity contribution in [2.75, 3.05) is 72.6 Å². The Morgan fingerprint density at radius 3 is 2.23 bits per heavy atom. The van der Waals surface area contributed by atoms with Crippen molar-refractivity contribution in [1.82, 2.24) is 35.3 Å². The molecular weight excluding hydrogens is 999 g/mol. The Balaban J connectivity index is 0.635. The van der Waals surface area contributed by atoms with E-state index >= 15 is 0 Å². The summed E-state index contributed by atoms with van der Waals surface area (Å²) in [5.41, 5.74) is 5.44. The molecule has 1 fully saturated rings. The summed E-state index contributed by atoms with van der Waals surface area (Å²) in [7, 11) is 0. The van der Waals surface area contributed by atoms with Crippen LogP contribution in [0.25, 0.3) is 28.2 Å². The molecule has 394 valence electrons. The molecule has 0 radical (unpaired) electrons. The minimum absolute atomic E-state index is 0.118. The number of aryl methyl sites for hydroxylation is 2. The van der Waals surface area contributed by atoms with E-state index in [-0.39, 0.29) is 75.2 Å². The average molecular weight is 1050 g/mol. The van der Waals surface area contributed by atoms with Gasteiger partial charge in [-0.25, -0.2) is 4.98 Å². The van der Waals surface area contributed by atoms with E-state index in [1.54, 1.807) is 30.3 Å². The highest BCUT2D eigenvalue weighted by Gasteiger charge is 2.39. The second kappa shape index (κ2) is 25.9. The Bertz CT molecular complexity index is 3090. The van der Waals surface area contributed by atoms with Gasteiger partial charge in [-0.05, 0) is 103 Å². The first-order chi connectivity index (χ1) is 36.3. The van der Waals surface area contributed by atoms with Crippen molar-refractivity contribution in [3.05, 3.63) is 139 Å². The third-order valence-corrected chi connectivity index (χ3v) is 12.7. The first kappa shape index (κ1) is 54.2. The van der Waals surface area contributed by atoms with Gasteiger partial charge in [0.15, 0.2) is 0 Å². The second-order valence-electron chi connectivity index (χ2n) is 17.7. The number of ether oxygens (including phenoxy) is 5. The molecule has 6 aromatic rings. The summed E-state index contributed by atoms with van der Waals surface area (Å²) in [5.74, 6) is 4.84. The number of piperidine rings is 1. The van der Waals surface area contributed by atoms with Crippen molar-refractivity contribution in [3.8, 4) is 29.0 Å². The number of imide groups is 1. The minimum atomic E-state index is -4.50. The van der Waals surface area contributed by atoms with E-state index in [1.165, 1.54) is 21.7 Å². The molecule has 0 saturated carbocycles. The standard InChI is InChI=1S/C54H55ClF3N7O10/c55-41-15-18-44-45(32-41)61-53(60-44)65-52(70)43(49(63-65)38-11-13-40(14-12-38)54(56,57)58)17-9-36-7-5-35(6-8-36)3-1-23-72-25-26-73-27-28-74-29-30-75-34-48(67)59-21-24-71-22-2-4-37-10-16-42-39(31-37)33-64(51(42)69)46-19-20-47(66)62-50(46)68/h5-8,10-16,18,31-32,46,63H,1,3,9,17,19-30,33-34H2,(H,59,67)(H,60,61)(H,62,66,68). The number of carbonyl (C=O) groups is 4. The summed E-state index contributed by atoms with van der Waals surface area (Å²) in [6.45, 7) is 3.53. The summed E-state index contributed by atoms with van der Waals surface area (Å²) in [5, 5.41) is 8.59. The van der Waals surface area contributed by atoms with Crippen LogP contribution in [0.15, 0.2) is 89.7 Å². The van der Waals surface area contributed by atoms with Crippen LogP contribution in [0.3, 0.4) is 0 Å². The number of imidazole rings is 1. The zero-order chi connectivity index (χ0) is 52.7. The molecule has 0 bridgehead atoms. The van der Waals surface area contributed by atoms with Gasteiger partial charge in [-0.2, -0.15) is 17.9 Å². The second-order valence-corrected chi connectivity index (χ2v) is 18.1. The Morgan fingerprint density at radius 1 is 0.800 bits per heavy atom. The van der Waals surface area contributed by atoms with Crippen LogP contribution in [-0.2, 0) is 70.1 Å². The number of aromatic nitrogens is 4. The van der Waals surface area contributed by atoms with Crippen LogP contribution < -0.4 is 16.2 Å². The van der Waals surface area contributed by atoms with Crippen molar-refractivity contribution in [2.24, 2.45) is 0 Å². The number of nitrogens with zero attached hydrogens (tertiary/aromatic N) is 3. The predicted molar refractivity (Wildman–Crippen MR) is 270 cm³/mol. The van der Waals surface area contributed by atoms with Gasteiger partial charge in [-0.3, -0.25) is 34.4 Å². The predicted octanol–water partition coefficient (Wildman–Crippen LogP) is 6.11. The van der Waals surface area contributed by atoms with Crippen LogP contribution >= 0.6 is 11.6 Å². The van der Waals surface area contributed by atoms with Crippen LogP contribution in [0.1, 0.15) is 63.0 Å². The molecule has 4 N–H and O–H groups in total. The van der Waals surface area contributed by atoms with Gasteiger partial charge in [0.05, 0.1) is 68.5 Å². The Hall–Kier alpha value is -7.12. The van der Waals surface area contributed by atoms with Crippen LogP contribution in [0, 0.1) is 11.8 Å². The van der Waals surface area contributed by atoms with Crippen LogP contribution in [0.2, 0.25) is 5.02 Å². The van der Waals surface area contributed by atoms with Crippen molar-refractivity contribution >= 4 is 46.3 Å². The minimum Gasteiger partial charge on any atom is -0.379 e. The van der Waals surface area contributed by atoms with E-state index in [2.05, 4.69) is 37.5 Å². The number of benzene rings is 4. The van der Waals surface area contributed by atoms with Gasteiger partial charge in [0, 0.05) is 47.8 Å². The zero-order valence-corrected chi connectivity index (χ0v) is 41.6. The fourth-order valence-corrected chi connectivity index (χ4v) is 8.74. The number of aromatic amines is 2. The van der Waals surface area contributed by atoms with Gasteiger partial charge in [0.1, 0.15) is 19.3 Å². The Labute approximate surface area is 434 Å². The van der Waals surface area contributed by atoms with Crippen LogP contribution in [-0.4, -0.2) is 127 Å². The fourth-order valence-electron chi connectivity index (χ4n) is 8.56. The largest absolute Gasteiger partial charge is 0.416 e. The first-order valence-electron chi connectivity index (χ1n) is 24.5. The van der Waals surface area contributed by atoms with Crippen molar-refractivity contribution < 1.29 is 56.0 Å². The smallest absolute Gasteiger partial charge is 0.379 e. The highest BCUT2D eigenvalue weighted by molar-refractivity contribution is 6.31. The van der Waals surface area contributed by atoms with Gasteiger partial charge < -0.3 is 38.9 Å². The first-order valence-corrected chi connectivity index (χ1v) is 24.9. The topological polar surface area (TPSA) is 208 Å². The monoisotopic (exact) mass is 1050 g/mol. The van der Waals surface area contributed by atoms with E-state index in [0.29, 0.717) is 103 Å². The van der Waals surface area contributed by atoms with E-state index in [1.807, 2.05) is 30.3 Å². The maximum Gasteiger partial charge on any atom is 0.416 e. The maximum absolute atomic E-state index is 13.9.